The van der Waals surface area contributed by atoms with Gasteiger partial charge in [-0.15, -0.1) is 11.3 Å². The fraction of sp³-hybridized carbons (Fsp3) is 0.250. The molecular weight excluding hydrogens is 346 g/mol. The van der Waals surface area contributed by atoms with Crippen LogP contribution in [0.15, 0.2) is 60.1 Å². The number of nitrogens with one attached hydrogen (secondary N) is 1. The second kappa shape index (κ2) is 9.22. The van der Waals surface area contributed by atoms with Crippen LogP contribution < -0.4 is 5.32 Å². The molecule has 0 amide bonds. The molecular formula is C20H21N3O2S. The number of benzene rings is 1. The van der Waals surface area contributed by atoms with Gasteiger partial charge in [-0.05, 0) is 30.5 Å². The largest absolute Gasteiger partial charge is 0.481 e. The zero-order chi connectivity index (χ0) is 18.2. The molecule has 0 radical (unpaired) electrons. The zero-order valence-corrected chi connectivity index (χ0v) is 15.2. The lowest BCUT2D eigenvalue weighted by atomic mass is 10.0. The summed E-state index contributed by atoms with van der Waals surface area (Å²) in [7, 11) is 0. The van der Waals surface area contributed by atoms with Crippen molar-refractivity contribution in [2.75, 3.05) is 0 Å². The average Bonchev–Trinajstić information content (AvgIpc) is 3.14. The molecule has 26 heavy (non-hydrogen) atoms. The molecule has 0 bridgehead atoms. The van der Waals surface area contributed by atoms with Crippen LogP contribution in [0.4, 0.5) is 0 Å². The Morgan fingerprint density at radius 1 is 1.15 bits per heavy atom. The Morgan fingerprint density at radius 3 is 2.69 bits per heavy atom. The smallest absolute Gasteiger partial charge is 0.303 e. The molecule has 0 aliphatic heterocycles. The van der Waals surface area contributed by atoms with E-state index in [2.05, 4.69) is 27.4 Å². The molecule has 2 heterocycles. The number of nitrogens with zero attached hydrogens (tertiary/aromatic N) is 2. The molecule has 6 heteroatoms. The van der Waals surface area contributed by atoms with Gasteiger partial charge in [0, 0.05) is 30.6 Å². The van der Waals surface area contributed by atoms with Gasteiger partial charge in [-0.2, -0.15) is 0 Å². The molecule has 0 aliphatic carbocycles. The topological polar surface area (TPSA) is 75.1 Å². The molecule has 0 saturated carbocycles. The van der Waals surface area contributed by atoms with E-state index in [0.29, 0.717) is 13.0 Å². The predicted octanol–water partition coefficient (Wildman–Crippen LogP) is 3.77. The molecule has 0 saturated heterocycles. The van der Waals surface area contributed by atoms with Crippen LogP contribution >= 0.6 is 11.3 Å². The van der Waals surface area contributed by atoms with Gasteiger partial charge in [0.25, 0.3) is 0 Å². The van der Waals surface area contributed by atoms with Gasteiger partial charge in [0.05, 0.1) is 11.4 Å². The third-order valence-corrected chi connectivity index (χ3v) is 4.95. The Morgan fingerprint density at radius 2 is 1.96 bits per heavy atom. The summed E-state index contributed by atoms with van der Waals surface area (Å²) >= 11 is 1.57. The van der Waals surface area contributed by atoms with Gasteiger partial charge < -0.3 is 10.4 Å². The zero-order valence-electron chi connectivity index (χ0n) is 14.3. The van der Waals surface area contributed by atoms with Gasteiger partial charge in [0.15, 0.2) is 0 Å². The number of carboxylic acids is 1. The van der Waals surface area contributed by atoms with Crippen LogP contribution in [0.3, 0.4) is 0 Å². The second-order valence-corrected chi connectivity index (χ2v) is 6.92. The van der Waals surface area contributed by atoms with E-state index < -0.39 is 5.97 Å². The molecule has 1 atom stereocenters. The lowest BCUT2D eigenvalue weighted by molar-refractivity contribution is -0.137. The minimum atomic E-state index is -0.768. The molecule has 1 unspecified atom stereocenters. The highest BCUT2D eigenvalue weighted by Gasteiger charge is 2.13. The van der Waals surface area contributed by atoms with E-state index >= 15 is 0 Å². The number of carboxylic acid groups (broad SMARTS) is 1. The van der Waals surface area contributed by atoms with Crippen molar-refractivity contribution in [3.63, 3.8) is 0 Å². The number of hydrogen-bond acceptors (Lipinski definition) is 5. The maximum Gasteiger partial charge on any atom is 0.303 e. The van der Waals surface area contributed by atoms with Crippen molar-refractivity contribution in [1.82, 2.24) is 15.3 Å². The molecule has 2 N–H and O–H groups in total. The van der Waals surface area contributed by atoms with Crippen molar-refractivity contribution in [3.8, 4) is 10.7 Å². The van der Waals surface area contributed by atoms with E-state index in [4.69, 9.17) is 5.11 Å². The predicted molar refractivity (Wildman–Crippen MR) is 103 cm³/mol. The SMILES string of the molecule is O=C(O)CCC(Cc1ccccc1)NCc1csc(-c2ccccn2)n1. The van der Waals surface area contributed by atoms with Gasteiger partial charge in [0.2, 0.25) is 0 Å². The van der Waals surface area contributed by atoms with Gasteiger partial charge in [-0.3, -0.25) is 9.78 Å². The van der Waals surface area contributed by atoms with Crippen LogP contribution in [0, 0.1) is 0 Å². The monoisotopic (exact) mass is 367 g/mol. The van der Waals surface area contributed by atoms with Gasteiger partial charge in [-0.25, -0.2) is 4.98 Å². The number of pyridine rings is 1. The molecule has 3 aromatic rings. The van der Waals surface area contributed by atoms with Crippen LogP contribution in [0.25, 0.3) is 10.7 Å². The summed E-state index contributed by atoms with van der Waals surface area (Å²) < 4.78 is 0. The summed E-state index contributed by atoms with van der Waals surface area (Å²) in [5, 5.41) is 15.4. The van der Waals surface area contributed by atoms with Crippen LogP contribution in [0.5, 0.6) is 0 Å². The van der Waals surface area contributed by atoms with E-state index in [0.717, 1.165) is 22.8 Å². The summed E-state index contributed by atoms with van der Waals surface area (Å²) in [6, 6.07) is 16.0. The minimum Gasteiger partial charge on any atom is -0.481 e. The fourth-order valence-electron chi connectivity index (χ4n) is 2.72. The van der Waals surface area contributed by atoms with Gasteiger partial charge >= 0.3 is 5.97 Å². The number of aliphatic carboxylic acids is 1. The number of carbonyl (C=O) groups is 1. The lowest BCUT2D eigenvalue weighted by Crippen LogP contribution is -2.31. The molecule has 0 fully saturated rings. The Bertz CT molecular complexity index is 821. The molecule has 1 aromatic carbocycles. The summed E-state index contributed by atoms with van der Waals surface area (Å²) in [5.74, 6) is -0.768. The Kier molecular flexibility index (Phi) is 6.46. The Labute approximate surface area is 156 Å². The summed E-state index contributed by atoms with van der Waals surface area (Å²) in [5.41, 5.74) is 3.02. The maximum absolute atomic E-state index is 10.9. The quantitative estimate of drug-likeness (QED) is 0.602. The highest BCUT2D eigenvalue weighted by atomic mass is 32.1. The highest BCUT2D eigenvalue weighted by Crippen LogP contribution is 2.21. The number of aromatic nitrogens is 2. The third-order valence-electron chi connectivity index (χ3n) is 4.04. The van der Waals surface area contributed by atoms with Crippen LogP contribution in [-0.4, -0.2) is 27.1 Å². The number of hydrogen-bond donors (Lipinski definition) is 2. The van der Waals surface area contributed by atoms with Crippen LogP contribution in [-0.2, 0) is 17.8 Å². The molecule has 2 aromatic heterocycles. The number of rotatable bonds is 9. The normalized spacial score (nSPS) is 12.0. The van der Waals surface area contributed by atoms with Crippen molar-refractivity contribution in [2.45, 2.75) is 31.8 Å². The van der Waals surface area contributed by atoms with Crippen LogP contribution in [0.1, 0.15) is 24.1 Å². The van der Waals surface area contributed by atoms with Gasteiger partial charge in [0.1, 0.15) is 5.01 Å². The average molecular weight is 367 g/mol. The highest BCUT2D eigenvalue weighted by molar-refractivity contribution is 7.13. The summed E-state index contributed by atoms with van der Waals surface area (Å²) in [4.78, 5) is 19.9. The summed E-state index contributed by atoms with van der Waals surface area (Å²) in [6.07, 6.45) is 3.30. The van der Waals surface area contributed by atoms with Crippen molar-refractivity contribution >= 4 is 17.3 Å². The standard InChI is InChI=1S/C20H21N3O2S/c24-19(25)10-9-16(12-15-6-2-1-3-7-15)22-13-17-14-26-20(23-17)18-8-4-5-11-21-18/h1-8,11,14,16,22H,9-10,12-13H2,(H,24,25). The first-order valence-electron chi connectivity index (χ1n) is 8.55. The van der Waals surface area contributed by atoms with E-state index in [1.807, 2.05) is 41.8 Å². The van der Waals surface area contributed by atoms with E-state index in [1.54, 1.807) is 17.5 Å². The molecule has 134 valence electrons. The van der Waals surface area contributed by atoms with E-state index in [1.165, 1.54) is 5.56 Å². The van der Waals surface area contributed by atoms with Crippen molar-refractivity contribution in [3.05, 3.63) is 71.4 Å². The van der Waals surface area contributed by atoms with Crippen LogP contribution in [0.2, 0.25) is 0 Å². The first-order valence-corrected chi connectivity index (χ1v) is 9.43. The number of thiazole rings is 1. The fourth-order valence-corrected chi connectivity index (χ4v) is 3.51. The maximum atomic E-state index is 10.9. The van der Waals surface area contributed by atoms with E-state index in [9.17, 15) is 4.79 Å². The van der Waals surface area contributed by atoms with E-state index in [-0.39, 0.29) is 12.5 Å². The minimum absolute atomic E-state index is 0.0912. The molecule has 0 spiro atoms. The third kappa shape index (κ3) is 5.47. The Hall–Kier alpha value is -2.57. The van der Waals surface area contributed by atoms with Crippen molar-refractivity contribution < 1.29 is 9.90 Å². The van der Waals surface area contributed by atoms with Crippen molar-refractivity contribution in [2.24, 2.45) is 0 Å². The first kappa shape index (κ1) is 18.2. The molecule has 3 rings (SSSR count). The summed E-state index contributed by atoms with van der Waals surface area (Å²) in [6.45, 7) is 0.612. The lowest BCUT2D eigenvalue weighted by Gasteiger charge is -2.17. The second-order valence-electron chi connectivity index (χ2n) is 6.06. The van der Waals surface area contributed by atoms with Gasteiger partial charge in [-0.1, -0.05) is 36.4 Å². The van der Waals surface area contributed by atoms with Crippen molar-refractivity contribution in [1.29, 1.82) is 0 Å². The molecule has 0 aliphatic rings. The first-order chi connectivity index (χ1) is 12.7. The Balaban J connectivity index is 1.61. The molecule has 5 nitrogen and oxygen atoms in total.